The van der Waals surface area contributed by atoms with Gasteiger partial charge in [-0.25, -0.2) is 0 Å². The SMILES string of the molecule is CC(O)(CCBr)c1ccc(-c2ccccc2)cc1. The predicted molar refractivity (Wildman–Crippen MR) is 79.9 cm³/mol. The van der Waals surface area contributed by atoms with Crippen LogP contribution in [0.15, 0.2) is 54.6 Å². The summed E-state index contributed by atoms with van der Waals surface area (Å²) >= 11 is 3.37. The molecule has 1 N–H and O–H groups in total. The second kappa shape index (κ2) is 5.68. The van der Waals surface area contributed by atoms with Crippen LogP contribution in [0.3, 0.4) is 0 Å². The van der Waals surface area contributed by atoms with Gasteiger partial charge in [0.2, 0.25) is 0 Å². The van der Waals surface area contributed by atoms with Crippen LogP contribution in [0, 0.1) is 0 Å². The molecule has 0 heterocycles. The van der Waals surface area contributed by atoms with E-state index in [0.717, 1.165) is 10.9 Å². The van der Waals surface area contributed by atoms with E-state index < -0.39 is 5.60 Å². The molecule has 2 aromatic carbocycles. The van der Waals surface area contributed by atoms with Crippen LogP contribution in [-0.2, 0) is 5.60 Å². The topological polar surface area (TPSA) is 20.2 Å². The Kier molecular flexibility index (Phi) is 4.20. The van der Waals surface area contributed by atoms with Crippen molar-refractivity contribution in [3.8, 4) is 11.1 Å². The summed E-state index contributed by atoms with van der Waals surface area (Å²) in [6.07, 6.45) is 0.706. The van der Waals surface area contributed by atoms with Gasteiger partial charge in [0, 0.05) is 5.33 Å². The summed E-state index contributed by atoms with van der Waals surface area (Å²) in [5, 5.41) is 11.1. The minimum Gasteiger partial charge on any atom is -0.385 e. The lowest BCUT2D eigenvalue weighted by Gasteiger charge is -2.23. The van der Waals surface area contributed by atoms with Crippen molar-refractivity contribution in [2.75, 3.05) is 5.33 Å². The minimum atomic E-state index is -0.765. The van der Waals surface area contributed by atoms with Crippen molar-refractivity contribution in [3.63, 3.8) is 0 Å². The van der Waals surface area contributed by atoms with E-state index in [0.29, 0.717) is 6.42 Å². The van der Waals surface area contributed by atoms with Crippen molar-refractivity contribution >= 4 is 15.9 Å². The fraction of sp³-hybridized carbons (Fsp3) is 0.250. The molecule has 1 nitrogen and oxygen atoms in total. The molecule has 0 aliphatic heterocycles. The Morgan fingerprint density at radius 2 is 1.50 bits per heavy atom. The van der Waals surface area contributed by atoms with E-state index in [4.69, 9.17) is 0 Å². The van der Waals surface area contributed by atoms with Gasteiger partial charge in [0.1, 0.15) is 0 Å². The molecule has 0 aliphatic rings. The van der Waals surface area contributed by atoms with Crippen LogP contribution in [0.5, 0.6) is 0 Å². The Morgan fingerprint density at radius 3 is 2.06 bits per heavy atom. The molecule has 0 saturated carbocycles. The summed E-state index contributed by atoms with van der Waals surface area (Å²) in [6, 6.07) is 18.4. The molecule has 2 aromatic rings. The Morgan fingerprint density at radius 1 is 0.944 bits per heavy atom. The third kappa shape index (κ3) is 3.01. The third-order valence-corrected chi connectivity index (χ3v) is 3.59. The van der Waals surface area contributed by atoms with E-state index in [9.17, 15) is 5.11 Å². The van der Waals surface area contributed by atoms with E-state index in [-0.39, 0.29) is 0 Å². The number of hydrogen-bond acceptors (Lipinski definition) is 1. The second-order valence-corrected chi connectivity index (χ2v) is 5.45. The summed E-state index contributed by atoms with van der Waals surface area (Å²) in [7, 11) is 0. The molecule has 94 valence electrons. The van der Waals surface area contributed by atoms with Gasteiger partial charge >= 0.3 is 0 Å². The van der Waals surface area contributed by atoms with Gasteiger partial charge < -0.3 is 5.11 Å². The van der Waals surface area contributed by atoms with Gasteiger partial charge in [0.15, 0.2) is 0 Å². The first-order valence-electron chi connectivity index (χ1n) is 6.08. The zero-order chi connectivity index (χ0) is 13.0. The van der Waals surface area contributed by atoms with Gasteiger partial charge in [-0.15, -0.1) is 0 Å². The summed E-state index contributed by atoms with van der Waals surface area (Å²) in [5.74, 6) is 0. The molecule has 2 rings (SSSR count). The van der Waals surface area contributed by atoms with Gasteiger partial charge in [0.25, 0.3) is 0 Å². The summed E-state index contributed by atoms with van der Waals surface area (Å²) < 4.78 is 0. The van der Waals surface area contributed by atoms with Crippen LogP contribution >= 0.6 is 15.9 Å². The maximum Gasteiger partial charge on any atom is 0.0876 e. The average molecular weight is 305 g/mol. The summed E-state index contributed by atoms with van der Waals surface area (Å²) in [6.45, 7) is 1.85. The number of rotatable bonds is 4. The first-order chi connectivity index (χ1) is 8.63. The molecule has 0 spiro atoms. The zero-order valence-corrected chi connectivity index (χ0v) is 12.0. The van der Waals surface area contributed by atoms with Gasteiger partial charge in [-0.2, -0.15) is 0 Å². The molecule has 0 bridgehead atoms. The Hall–Kier alpha value is -1.12. The molecule has 0 saturated heterocycles. The summed E-state index contributed by atoms with van der Waals surface area (Å²) in [4.78, 5) is 0. The third-order valence-electron chi connectivity index (χ3n) is 3.20. The number of halogens is 1. The van der Waals surface area contributed by atoms with Crippen molar-refractivity contribution in [1.82, 2.24) is 0 Å². The van der Waals surface area contributed by atoms with Gasteiger partial charge in [-0.1, -0.05) is 70.5 Å². The molecule has 1 unspecified atom stereocenters. The average Bonchev–Trinajstić information content (AvgIpc) is 2.40. The first kappa shape index (κ1) is 13.3. The van der Waals surface area contributed by atoms with E-state index in [2.05, 4.69) is 40.2 Å². The summed E-state index contributed by atoms with van der Waals surface area (Å²) in [5.41, 5.74) is 2.57. The van der Waals surface area contributed by atoms with Gasteiger partial charge in [0.05, 0.1) is 5.60 Å². The van der Waals surface area contributed by atoms with Crippen molar-refractivity contribution in [1.29, 1.82) is 0 Å². The van der Waals surface area contributed by atoms with Crippen LogP contribution in [0.25, 0.3) is 11.1 Å². The maximum absolute atomic E-state index is 10.3. The Bertz CT molecular complexity index is 488. The van der Waals surface area contributed by atoms with Crippen molar-refractivity contribution in [2.45, 2.75) is 18.9 Å². The van der Waals surface area contributed by atoms with Crippen LogP contribution in [0.2, 0.25) is 0 Å². The van der Waals surface area contributed by atoms with E-state index >= 15 is 0 Å². The first-order valence-corrected chi connectivity index (χ1v) is 7.20. The van der Waals surface area contributed by atoms with Crippen LogP contribution in [0.1, 0.15) is 18.9 Å². The quantitative estimate of drug-likeness (QED) is 0.833. The number of benzene rings is 2. The molecule has 18 heavy (non-hydrogen) atoms. The predicted octanol–water partition coefficient (Wildman–Crippen LogP) is 4.35. The number of aliphatic hydroxyl groups is 1. The Labute approximate surface area is 117 Å². The molecular formula is C16H17BrO. The van der Waals surface area contributed by atoms with Gasteiger partial charge in [-0.05, 0) is 30.0 Å². The lowest BCUT2D eigenvalue weighted by atomic mass is 9.92. The highest BCUT2D eigenvalue weighted by molar-refractivity contribution is 9.09. The Balaban J connectivity index is 2.26. The highest BCUT2D eigenvalue weighted by Crippen LogP contribution is 2.27. The fourth-order valence-electron chi connectivity index (χ4n) is 1.98. The van der Waals surface area contributed by atoms with Crippen molar-refractivity contribution in [3.05, 3.63) is 60.2 Å². The second-order valence-electron chi connectivity index (χ2n) is 4.66. The lowest BCUT2D eigenvalue weighted by Crippen LogP contribution is -2.21. The lowest BCUT2D eigenvalue weighted by molar-refractivity contribution is 0.0547. The van der Waals surface area contributed by atoms with Crippen LogP contribution in [0.4, 0.5) is 0 Å². The molecule has 0 aromatic heterocycles. The molecule has 0 radical (unpaired) electrons. The minimum absolute atomic E-state index is 0.706. The highest BCUT2D eigenvalue weighted by Gasteiger charge is 2.21. The van der Waals surface area contributed by atoms with Gasteiger partial charge in [-0.3, -0.25) is 0 Å². The largest absolute Gasteiger partial charge is 0.385 e. The molecule has 1 atom stereocenters. The standard InChI is InChI=1S/C16H17BrO/c1-16(18,11-12-17)15-9-7-14(8-10-15)13-5-3-2-4-6-13/h2-10,18H,11-12H2,1H3. The smallest absolute Gasteiger partial charge is 0.0876 e. The van der Waals surface area contributed by atoms with E-state index in [1.807, 2.05) is 37.3 Å². The van der Waals surface area contributed by atoms with Crippen molar-refractivity contribution in [2.24, 2.45) is 0 Å². The molecular weight excluding hydrogens is 288 g/mol. The number of alkyl halides is 1. The molecule has 0 amide bonds. The molecule has 0 aliphatic carbocycles. The molecule has 0 fully saturated rings. The molecule has 2 heteroatoms. The maximum atomic E-state index is 10.3. The van der Waals surface area contributed by atoms with Crippen LogP contribution < -0.4 is 0 Å². The van der Waals surface area contributed by atoms with E-state index in [1.165, 1.54) is 11.1 Å². The zero-order valence-electron chi connectivity index (χ0n) is 10.4. The monoisotopic (exact) mass is 304 g/mol. The number of hydrogen-bond donors (Lipinski definition) is 1. The van der Waals surface area contributed by atoms with E-state index in [1.54, 1.807) is 0 Å². The normalized spacial score (nSPS) is 14.2. The highest BCUT2D eigenvalue weighted by atomic mass is 79.9. The van der Waals surface area contributed by atoms with Crippen LogP contribution in [-0.4, -0.2) is 10.4 Å². The fourth-order valence-corrected chi connectivity index (χ4v) is 2.75. The van der Waals surface area contributed by atoms with Crippen molar-refractivity contribution < 1.29 is 5.11 Å².